The van der Waals surface area contributed by atoms with E-state index in [1.54, 1.807) is 32.2 Å². The van der Waals surface area contributed by atoms with E-state index in [9.17, 15) is 10.1 Å². The highest BCUT2D eigenvalue weighted by Crippen LogP contribution is 2.34. The first-order chi connectivity index (χ1) is 8.90. The normalized spacial score (nSPS) is 10.5. The standard InChI is InChI=1S/C12H14N4O3/c1-7-6-9(13)4-5-10(7)19-12-11(16(17)18)8(2)14-15(12)3/h4-6H,13H2,1-3H3. The van der Waals surface area contributed by atoms with Crippen LogP contribution in [0.1, 0.15) is 11.3 Å². The van der Waals surface area contributed by atoms with Crippen molar-refractivity contribution in [2.24, 2.45) is 7.05 Å². The maximum Gasteiger partial charge on any atom is 0.353 e. The number of nitro groups is 1. The van der Waals surface area contributed by atoms with Crippen LogP contribution in [0.4, 0.5) is 11.4 Å². The maximum absolute atomic E-state index is 11.0. The van der Waals surface area contributed by atoms with Gasteiger partial charge in [-0.3, -0.25) is 10.1 Å². The van der Waals surface area contributed by atoms with E-state index in [-0.39, 0.29) is 11.6 Å². The second-order valence-corrected chi connectivity index (χ2v) is 4.25. The van der Waals surface area contributed by atoms with Gasteiger partial charge in [0, 0.05) is 12.7 Å². The number of anilines is 1. The number of hydrogen-bond donors (Lipinski definition) is 1. The van der Waals surface area contributed by atoms with Crippen LogP contribution in [0, 0.1) is 24.0 Å². The van der Waals surface area contributed by atoms with Crippen molar-refractivity contribution in [2.45, 2.75) is 13.8 Å². The Balaban J connectivity index is 2.46. The lowest BCUT2D eigenvalue weighted by Gasteiger charge is -2.08. The molecule has 0 saturated heterocycles. The van der Waals surface area contributed by atoms with Crippen LogP contribution in [0.25, 0.3) is 0 Å². The number of rotatable bonds is 3. The molecule has 0 fully saturated rings. The van der Waals surface area contributed by atoms with Gasteiger partial charge in [-0.1, -0.05) is 0 Å². The summed E-state index contributed by atoms with van der Waals surface area (Å²) in [6.45, 7) is 3.39. The lowest BCUT2D eigenvalue weighted by Crippen LogP contribution is -1.99. The van der Waals surface area contributed by atoms with Crippen molar-refractivity contribution in [1.82, 2.24) is 9.78 Å². The summed E-state index contributed by atoms with van der Waals surface area (Å²) in [6.07, 6.45) is 0. The molecule has 2 rings (SSSR count). The summed E-state index contributed by atoms with van der Waals surface area (Å²) in [4.78, 5) is 10.5. The van der Waals surface area contributed by atoms with Gasteiger partial charge in [0.1, 0.15) is 11.4 Å². The lowest BCUT2D eigenvalue weighted by atomic mass is 10.2. The van der Waals surface area contributed by atoms with Crippen LogP contribution in [-0.4, -0.2) is 14.7 Å². The van der Waals surface area contributed by atoms with Crippen LogP contribution < -0.4 is 10.5 Å². The van der Waals surface area contributed by atoms with Gasteiger partial charge >= 0.3 is 5.69 Å². The zero-order chi connectivity index (χ0) is 14.2. The third kappa shape index (κ3) is 2.35. The van der Waals surface area contributed by atoms with Crippen molar-refractivity contribution in [3.63, 3.8) is 0 Å². The fraction of sp³-hybridized carbons (Fsp3) is 0.250. The van der Waals surface area contributed by atoms with Crippen LogP contribution in [0.5, 0.6) is 11.6 Å². The molecule has 0 spiro atoms. The Morgan fingerprint density at radius 2 is 2.11 bits per heavy atom. The highest BCUT2D eigenvalue weighted by molar-refractivity contribution is 5.51. The van der Waals surface area contributed by atoms with Crippen LogP contribution in [0.3, 0.4) is 0 Å². The van der Waals surface area contributed by atoms with E-state index in [1.807, 2.05) is 6.92 Å². The van der Waals surface area contributed by atoms with Crippen LogP contribution in [-0.2, 0) is 7.05 Å². The molecule has 1 aromatic carbocycles. The molecule has 1 heterocycles. The van der Waals surface area contributed by atoms with Crippen LogP contribution >= 0.6 is 0 Å². The van der Waals surface area contributed by atoms with E-state index in [0.29, 0.717) is 17.1 Å². The van der Waals surface area contributed by atoms with Gasteiger partial charge in [-0.05, 0) is 37.6 Å². The number of nitrogens with zero attached hydrogens (tertiary/aromatic N) is 3. The molecule has 0 aliphatic carbocycles. The van der Waals surface area contributed by atoms with Crippen LogP contribution in [0.2, 0.25) is 0 Å². The number of hydrogen-bond acceptors (Lipinski definition) is 5. The average Bonchev–Trinajstić information content (AvgIpc) is 2.57. The van der Waals surface area contributed by atoms with E-state index in [4.69, 9.17) is 10.5 Å². The molecule has 0 unspecified atom stereocenters. The number of benzene rings is 1. The smallest absolute Gasteiger partial charge is 0.353 e. The Bertz CT molecular complexity index is 649. The monoisotopic (exact) mass is 262 g/mol. The van der Waals surface area contributed by atoms with Gasteiger partial charge in [0.2, 0.25) is 0 Å². The summed E-state index contributed by atoms with van der Waals surface area (Å²) in [6, 6.07) is 5.10. The van der Waals surface area contributed by atoms with Crippen molar-refractivity contribution < 1.29 is 9.66 Å². The summed E-state index contributed by atoms with van der Waals surface area (Å²) in [5.41, 5.74) is 7.25. The molecule has 0 atom stereocenters. The predicted molar refractivity (Wildman–Crippen MR) is 70.3 cm³/mol. The Morgan fingerprint density at radius 1 is 1.42 bits per heavy atom. The molecule has 0 aliphatic rings. The summed E-state index contributed by atoms with van der Waals surface area (Å²) in [5.74, 6) is 0.621. The second kappa shape index (κ2) is 4.60. The SMILES string of the molecule is Cc1cc(N)ccc1Oc1c([N+](=O)[O-])c(C)nn1C. The number of nitrogens with two attached hydrogens (primary N) is 1. The van der Waals surface area contributed by atoms with Crippen molar-refractivity contribution in [3.8, 4) is 11.6 Å². The van der Waals surface area contributed by atoms with Crippen molar-refractivity contribution in [1.29, 1.82) is 0 Å². The Morgan fingerprint density at radius 3 is 2.68 bits per heavy atom. The molecule has 2 aromatic rings. The second-order valence-electron chi connectivity index (χ2n) is 4.25. The quantitative estimate of drug-likeness (QED) is 0.520. The minimum absolute atomic E-state index is 0.107. The third-order valence-corrected chi connectivity index (χ3v) is 2.73. The first kappa shape index (κ1) is 12.9. The molecule has 1 aromatic heterocycles. The Labute approximate surface area is 109 Å². The summed E-state index contributed by atoms with van der Waals surface area (Å²) < 4.78 is 6.96. The molecule has 0 aliphatic heterocycles. The van der Waals surface area contributed by atoms with Crippen molar-refractivity contribution in [3.05, 3.63) is 39.6 Å². The van der Waals surface area contributed by atoms with Gasteiger partial charge < -0.3 is 10.5 Å². The third-order valence-electron chi connectivity index (χ3n) is 2.73. The fourth-order valence-electron chi connectivity index (χ4n) is 1.84. The van der Waals surface area contributed by atoms with E-state index < -0.39 is 4.92 Å². The molecule has 100 valence electrons. The molecule has 0 radical (unpaired) electrons. The first-order valence-corrected chi connectivity index (χ1v) is 5.62. The molecule has 0 bridgehead atoms. The van der Waals surface area contributed by atoms with Gasteiger partial charge in [0.15, 0.2) is 0 Å². The number of aromatic nitrogens is 2. The van der Waals surface area contributed by atoms with Gasteiger partial charge in [0.25, 0.3) is 5.88 Å². The minimum atomic E-state index is -0.496. The molecule has 7 heteroatoms. The zero-order valence-electron chi connectivity index (χ0n) is 10.9. The first-order valence-electron chi connectivity index (χ1n) is 5.62. The summed E-state index contributed by atoms with van der Waals surface area (Å²) in [5, 5.41) is 15.0. The molecule has 0 amide bonds. The Kier molecular flexibility index (Phi) is 3.12. The summed E-state index contributed by atoms with van der Waals surface area (Å²) in [7, 11) is 1.60. The number of ether oxygens (including phenoxy) is 1. The number of aryl methyl sites for hydroxylation is 3. The summed E-state index contributed by atoms with van der Waals surface area (Å²) >= 11 is 0. The minimum Gasteiger partial charge on any atom is -0.434 e. The molecule has 0 saturated carbocycles. The highest BCUT2D eigenvalue weighted by Gasteiger charge is 2.26. The predicted octanol–water partition coefficient (Wildman–Crippen LogP) is 2.32. The van der Waals surface area contributed by atoms with E-state index in [2.05, 4.69) is 5.10 Å². The van der Waals surface area contributed by atoms with Gasteiger partial charge in [0.05, 0.1) is 4.92 Å². The highest BCUT2D eigenvalue weighted by atomic mass is 16.6. The van der Waals surface area contributed by atoms with E-state index in [1.165, 1.54) is 4.68 Å². The molecule has 7 nitrogen and oxygen atoms in total. The van der Waals surface area contributed by atoms with Crippen molar-refractivity contribution >= 4 is 11.4 Å². The number of nitrogen functional groups attached to an aromatic ring is 1. The fourth-order valence-corrected chi connectivity index (χ4v) is 1.84. The van der Waals surface area contributed by atoms with E-state index in [0.717, 1.165) is 5.56 Å². The Hall–Kier alpha value is -2.57. The van der Waals surface area contributed by atoms with Gasteiger partial charge in [-0.25, -0.2) is 4.68 Å². The molecular formula is C12H14N4O3. The van der Waals surface area contributed by atoms with Gasteiger partial charge in [-0.15, -0.1) is 0 Å². The molecule has 2 N–H and O–H groups in total. The molecular weight excluding hydrogens is 248 g/mol. The van der Waals surface area contributed by atoms with E-state index >= 15 is 0 Å². The largest absolute Gasteiger partial charge is 0.434 e. The lowest BCUT2D eigenvalue weighted by molar-refractivity contribution is -0.386. The van der Waals surface area contributed by atoms with Crippen LogP contribution in [0.15, 0.2) is 18.2 Å². The van der Waals surface area contributed by atoms with Gasteiger partial charge in [-0.2, -0.15) is 5.10 Å². The topological polar surface area (TPSA) is 96.2 Å². The zero-order valence-corrected chi connectivity index (χ0v) is 10.9. The maximum atomic E-state index is 11.0. The molecule has 19 heavy (non-hydrogen) atoms. The average molecular weight is 262 g/mol. The van der Waals surface area contributed by atoms with Crippen molar-refractivity contribution in [2.75, 3.05) is 5.73 Å².